The number of piperidine rings is 1. The van der Waals surface area contributed by atoms with Crippen molar-refractivity contribution in [3.8, 4) is 5.75 Å². The van der Waals surface area contributed by atoms with E-state index in [9.17, 15) is 9.90 Å². The molecule has 0 aliphatic carbocycles. The summed E-state index contributed by atoms with van der Waals surface area (Å²) in [6, 6.07) is 6.87. The molecule has 1 saturated heterocycles. The molecule has 2 heterocycles. The molecule has 0 spiro atoms. The van der Waals surface area contributed by atoms with Gasteiger partial charge in [-0.3, -0.25) is 4.79 Å². The number of carbonyl (C=O) groups is 1. The molecule has 23 heavy (non-hydrogen) atoms. The zero-order chi connectivity index (χ0) is 16.2. The second-order valence-electron chi connectivity index (χ2n) is 5.70. The third kappa shape index (κ3) is 3.22. The van der Waals surface area contributed by atoms with Crippen molar-refractivity contribution in [1.82, 2.24) is 14.9 Å². The minimum atomic E-state index is -1.19. The Morgan fingerprint density at radius 3 is 3.09 bits per heavy atom. The van der Waals surface area contributed by atoms with Crippen molar-refractivity contribution in [1.29, 1.82) is 0 Å². The van der Waals surface area contributed by atoms with Crippen LogP contribution in [0.4, 0.5) is 0 Å². The van der Waals surface area contributed by atoms with Gasteiger partial charge in [0, 0.05) is 18.9 Å². The number of benzene rings is 1. The summed E-state index contributed by atoms with van der Waals surface area (Å²) in [4.78, 5) is 21.9. The molecule has 2 atom stereocenters. The third-order valence-electron chi connectivity index (χ3n) is 4.26. The predicted molar refractivity (Wildman–Crippen MR) is 84.8 cm³/mol. The Labute approximate surface area is 135 Å². The highest BCUT2D eigenvalue weighted by Crippen LogP contribution is 2.31. The van der Waals surface area contributed by atoms with E-state index in [1.807, 2.05) is 0 Å². The van der Waals surface area contributed by atoms with Crippen LogP contribution in [-0.4, -0.2) is 39.5 Å². The molecule has 1 fully saturated rings. The minimum absolute atomic E-state index is 0.105. The highest BCUT2D eigenvalue weighted by molar-refractivity contribution is 5.82. The molecular weight excluding hydrogens is 294 g/mol. The molecule has 1 aromatic heterocycles. The number of ether oxygens (including phenoxy) is 1. The molecule has 0 bridgehead atoms. The molecule has 1 aliphatic heterocycles. The number of nitrogens with one attached hydrogen (secondary N) is 1. The Balaban J connectivity index is 1.82. The number of hydrogen-bond acceptors (Lipinski definition) is 4. The molecule has 2 N–H and O–H groups in total. The SMILES string of the molecule is COc1cccc(C(O)C(=O)N2CCCCC2c2ncc[nH]2)c1. The number of methoxy groups -OCH3 is 1. The zero-order valence-electron chi connectivity index (χ0n) is 13.1. The van der Waals surface area contributed by atoms with Crippen LogP contribution < -0.4 is 4.74 Å². The second kappa shape index (κ2) is 6.83. The highest BCUT2D eigenvalue weighted by Gasteiger charge is 2.33. The maximum atomic E-state index is 12.8. The largest absolute Gasteiger partial charge is 0.497 e. The van der Waals surface area contributed by atoms with Crippen molar-refractivity contribution in [2.75, 3.05) is 13.7 Å². The molecule has 2 aromatic rings. The number of nitrogens with zero attached hydrogens (tertiary/aromatic N) is 2. The van der Waals surface area contributed by atoms with E-state index in [4.69, 9.17) is 4.74 Å². The normalized spacial score (nSPS) is 19.4. The number of aliphatic hydroxyl groups is 1. The van der Waals surface area contributed by atoms with Crippen LogP contribution >= 0.6 is 0 Å². The van der Waals surface area contributed by atoms with E-state index in [0.717, 1.165) is 25.1 Å². The fourth-order valence-electron chi connectivity index (χ4n) is 3.05. The van der Waals surface area contributed by atoms with Crippen LogP contribution in [0.1, 0.15) is 42.8 Å². The van der Waals surface area contributed by atoms with Crippen molar-refractivity contribution in [3.05, 3.63) is 48.0 Å². The fraction of sp³-hybridized carbons (Fsp3) is 0.412. The third-order valence-corrected chi connectivity index (χ3v) is 4.26. The number of aromatic nitrogens is 2. The van der Waals surface area contributed by atoms with Gasteiger partial charge in [-0.2, -0.15) is 0 Å². The molecule has 6 nitrogen and oxygen atoms in total. The topological polar surface area (TPSA) is 78.5 Å². The van der Waals surface area contributed by atoms with Crippen molar-refractivity contribution < 1.29 is 14.6 Å². The molecule has 1 aromatic carbocycles. The molecule has 0 radical (unpaired) electrons. The lowest BCUT2D eigenvalue weighted by Gasteiger charge is -2.35. The molecular formula is C17H21N3O3. The Kier molecular flexibility index (Phi) is 4.62. The summed E-state index contributed by atoms with van der Waals surface area (Å²) in [7, 11) is 1.56. The summed E-state index contributed by atoms with van der Waals surface area (Å²) >= 11 is 0. The van der Waals surface area contributed by atoms with E-state index < -0.39 is 6.10 Å². The molecule has 1 amide bonds. The van der Waals surface area contributed by atoms with Gasteiger partial charge in [0.15, 0.2) is 6.10 Å². The summed E-state index contributed by atoms with van der Waals surface area (Å²) < 4.78 is 5.16. The Hall–Kier alpha value is -2.34. The monoisotopic (exact) mass is 315 g/mol. The Morgan fingerprint density at radius 2 is 2.35 bits per heavy atom. The van der Waals surface area contributed by atoms with Crippen LogP contribution in [-0.2, 0) is 4.79 Å². The van der Waals surface area contributed by atoms with Crippen LogP contribution in [0.15, 0.2) is 36.7 Å². The average molecular weight is 315 g/mol. The number of aliphatic hydroxyl groups excluding tert-OH is 1. The number of rotatable bonds is 4. The maximum absolute atomic E-state index is 12.8. The van der Waals surface area contributed by atoms with E-state index in [-0.39, 0.29) is 11.9 Å². The number of hydrogen-bond donors (Lipinski definition) is 2. The predicted octanol–water partition coefficient (Wildman–Crippen LogP) is 2.21. The van der Waals surface area contributed by atoms with Crippen LogP contribution in [0.2, 0.25) is 0 Å². The number of H-pyrrole nitrogens is 1. The van der Waals surface area contributed by atoms with Crippen molar-refractivity contribution in [2.45, 2.75) is 31.4 Å². The first-order chi connectivity index (χ1) is 11.2. The van der Waals surface area contributed by atoms with Gasteiger partial charge in [-0.1, -0.05) is 12.1 Å². The van der Waals surface area contributed by atoms with Crippen LogP contribution in [0, 0.1) is 0 Å². The number of carbonyl (C=O) groups excluding carboxylic acids is 1. The van der Waals surface area contributed by atoms with Gasteiger partial charge in [-0.25, -0.2) is 4.98 Å². The number of aromatic amines is 1. The van der Waals surface area contributed by atoms with Crippen molar-refractivity contribution in [2.24, 2.45) is 0 Å². The molecule has 2 unspecified atom stereocenters. The quantitative estimate of drug-likeness (QED) is 0.906. The lowest BCUT2D eigenvalue weighted by atomic mass is 9.99. The number of imidazole rings is 1. The Morgan fingerprint density at radius 1 is 1.48 bits per heavy atom. The molecule has 1 aliphatic rings. The lowest BCUT2D eigenvalue weighted by molar-refractivity contribution is -0.144. The average Bonchev–Trinajstić information content (AvgIpc) is 3.15. The minimum Gasteiger partial charge on any atom is -0.497 e. The lowest BCUT2D eigenvalue weighted by Crippen LogP contribution is -2.41. The molecule has 122 valence electrons. The summed E-state index contributed by atoms with van der Waals surface area (Å²) in [6.07, 6.45) is 5.08. The maximum Gasteiger partial charge on any atom is 0.256 e. The zero-order valence-corrected chi connectivity index (χ0v) is 13.1. The summed E-state index contributed by atoms with van der Waals surface area (Å²) in [6.45, 7) is 0.630. The van der Waals surface area contributed by atoms with E-state index >= 15 is 0 Å². The smallest absolute Gasteiger partial charge is 0.256 e. The molecule has 3 rings (SSSR count). The van der Waals surface area contributed by atoms with Gasteiger partial charge in [0.1, 0.15) is 11.6 Å². The van der Waals surface area contributed by atoms with Crippen LogP contribution in [0.5, 0.6) is 5.75 Å². The summed E-state index contributed by atoms with van der Waals surface area (Å²) in [5.74, 6) is 1.10. The summed E-state index contributed by atoms with van der Waals surface area (Å²) in [5, 5.41) is 10.5. The van der Waals surface area contributed by atoms with Gasteiger partial charge < -0.3 is 19.7 Å². The van der Waals surface area contributed by atoms with E-state index in [1.165, 1.54) is 0 Å². The van der Waals surface area contributed by atoms with E-state index in [0.29, 0.717) is 17.9 Å². The van der Waals surface area contributed by atoms with E-state index in [2.05, 4.69) is 9.97 Å². The first kappa shape index (κ1) is 15.6. The van der Waals surface area contributed by atoms with Gasteiger partial charge in [0.2, 0.25) is 0 Å². The summed E-state index contributed by atoms with van der Waals surface area (Å²) in [5.41, 5.74) is 0.540. The second-order valence-corrected chi connectivity index (χ2v) is 5.70. The fourth-order valence-corrected chi connectivity index (χ4v) is 3.05. The molecule has 0 saturated carbocycles. The highest BCUT2D eigenvalue weighted by atomic mass is 16.5. The number of amides is 1. The number of likely N-dealkylation sites (tertiary alicyclic amines) is 1. The van der Waals surface area contributed by atoms with Gasteiger partial charge in [-0.15, -0.1) is 0 Å². The Bertz CT molecular complexity index is 657. The molecule has 6 heteroatoms. The van der Waals surface area contributed by atoms with Crippen molar-refractivity contribution in [3.63, 3.8) is 0 Å². The van der Waals surface area contributed by atoms with E-state index in [1.54, 1.807) is 48.7 Å². The standard InChI is InChI=1S/C17H21N3O3/c1-23-13-6-4-5-12(11-13)15(21)17(22)20-10-3-2-7-14(20)16-18-8-9-19-16/h4-6,8-9,11,14-15,21H,2-3,7,10H2,1H3,(H,18,19). The first-order valence-electron chi connectivity index (χ1n) is 7.82. The van der Waals surface area contributed by atoms with Gasteiger partial charge in [-0.05, 0) is 37.0 Å². The first-order valence-corrected chi connectivity index (χ1v) is 7.82. The van der Waals surface area contributed by atoms with Gasteiger partial charge in [0.25, 0.3) is 5.91 Å². The van der Waals surface area contributed by atoms with Gasteiger partial charge >= 0.3 is 0 Å². The van der Waals surface area contributed by atoms with Crippen molar-refractivity contribution >= 4 is 5.91 Å². The van der Waals surface area contributed by atoms with Gasteiger partial charge in [0.05, 0.1) is 13.2 Å². The van der Waals surface area contributed by atoms with Crippen LogP contribution in [0.3, 0.4) is 0 Å². The van der Waals surface area contributed by atoms with Crippen LogP contribution in [0.25, 0.3) is 0 Å².